The molecule has 9 nitrogen and oxygen atoms in total. The van der Waals surface area contributed by atoms with Crippen LogP contribution in [0.25, 0.3) is 10.8 Å². The molecule has 3 aromatic carbocycles. The van der Waals surface area contributed by atoms with Crippen LogP contribution in [0, 0.1) is 0 Å². The van der Waals surface area contributed by atoms with Gasteiger partial charge in [0, 0.05) is 11.8 Å². The van der Waals surface area contributed by atoms with Crippen LogP contribution in [0.15, 0.2) is 88.8 Å². The number of hydrogen-bond donors (Lipinski definition) is 1. The Morgan fingerprint density at radius 3 is 2.31 bits per heavy atom. The van der Waals surface area contributed by atoms with Gasteiger partial charge in [-0.2, -0.15) is 10.2 Å². The van der Waals surface area contributed by atoms with Crippen molar-refractivity contribution in [2.45, 2.75) is 19.0 Å². The largest absolute Gasteiger partial charge is 0.497 e. The van der Waals surface area contributed by atoms with Crippen molar-refractivity contribution in [3.63, 3.8) is 0 Å². The Bertz CT molecular complexity index is 1540. The second-order valence-corrected chi connectivity index (χ2v) is 8.31. The molecule has 180 valence electrons. The molecule has 1 N–H and O–H groups in total. The normalized spacial score (nSPS) is 15.1. The molecule has 9 heteroatoms. The number of carboxylic acids is 1. The highest BCUT2D eigenvalue weighted by atomic mass is 16.5. The number of hydrazone groups is 1. The van der Waals surface area contributed by atoms with Crippen molar-refractivity contribution in [1.29, 1.82) is 0 Å². The van der Waals surface area contributed by atoms with Gasteiger partial charge in [-0.25, -0.2) is 14.5 Å². The van der Waals surface area contributed by atoms with E-state index in [4.69, 9.17) is 4.74 Å². The summed E-state index contributed by atoms with van der Waals surface area (Å²) in [6.07, 6.45) is 0.475. The molecule has 1 unspecified atom stereocenters. The number of nitrogens with zero attached hydrogens (tertiary/aromatic N) is 4. The third-order valence-corrected chi connectivity index (χ3v) is 6.13. The Kier molecular flexibility index (Phi) is 6.03. The minimum atomic E-state index is -1.28. The number of amides is 1. The first kappa shape index (κ1) is 23.0. The van der Waals surface area contributed by atoms with Crippen LogP contribution in [0.5, 0.6) is 5.75 Å². The summed E-state index contributed by atoms with van der Waals surface area (Å²) < 4.78 is 6.15. The van der Waals surface area contributed by atoms with Gasteiger partial charge in [0.15, 0.2) is 5.69 Å². The SMILES string of the molecule is COc1ccc(C2CC(c3ccccc3)=NN2C(=O)Cn2nc(C(=O)O)c3ccccc3c2=O)cc1. The maximum atomic E-state index is 13.5. The summed E-state index contributed by atoms with van der Waals surface area (Å²) in [5.41, 5.74) is 1.63. The van der Waals surface area contributed by atoms with Gasteiger partial charge >= 0.3 is 5.97 Å². The topological polar surface area (TPSA) is 114 Å². The summed E-state index contributed by atoms with van der Waals surface area (Å²) in [5.74, 6) is -1.08. The molecule has 1 atom stereocenters. The molecular weight excluding hydrogens is 460 g/mol. The van der Waals surface area contributed by atoms with Gasteiger partial charge in [0.05, 0.1) is 24.2 Å². The summed E-state index contributed by atoms with van der Waals surface area (Å²) in [6.45, 7) is -0.456. The van der Waals surface area contributed by atoms with E-state index in [1.54, 1.807) is 19.2 Å². The fourth-order valence-corrected chi connectivity index (χ4v) is 4.33. The first-order chi connectivity index (χ1) is 17.5. The molecule has 1 aromatic heterocycles. The lowest BCUT2D eigenvalue weighted by Gasteiger charge is -2.22. The van der Waals surface area contributed by atoms with Crippen LogP contribution in [-0.4, -0.2) is 44.6 Å². The summed E-state index contributed by atoms with van der Waals surface area (Å²) in [6, 6.07) is 22.8. The van der Waals surface area contributed by atoms with E-state index in [1.807, 2.05) is 54.6 Å². The maximum absolute atomic E-state index is 13.5. The number of carbonyl (C=O) groups is 2. The average molecular weight is 482 g/mol. The van der Waals surface area contributed by atoms with Crippen LogP contribution in [0.1, 0.15) is 34.1 Å². The summed E-state index contributed by atoms with van der Waals surface area (Å²) in [7, 11) is 1.58. The quantitative estimate of drug-likeness (QED) is 0.450. The lowest BCUT2D eigenvalue weighted by molar-refractivity contribution is -0.133. The van der Waals surface area contributed by atoms with Crippen molar-refractivity contribution in [2.24, 2.45) is 5.10 Å². The second-order valence-electron chi connectivity index (χ2n) is 8.31. The smallest absolute Gasteiger partial charge is 0.357 e. The molecule has 0 bridgehead atoms. The van der Waals surface area contributed by atoms with E-state index in [9.17, 15) is 19.5 Å². The zero-order chi connectivity index (χ0) is 25.2. The van der Waals surface area contributed by atoms with Crippen LogP contribution < -0.4 is 10.3 Å². The predicted octanol–water partition coefficient (Wildman–Crippen LogP) is 3.48. The van der Waals surface area contributed by atoms with Crippen molar-refractivity contribution >= 4 is 28.4 Å². The Morgan fingerprint density at radius 1 is 0.972 bits per heavy atom. The maximum Gasteiger partial charge on any atom is 0.357 e. The first-order valence-electron chi connectivity index (χ1n) is 11.3. The lowest BCUT2D eigenvalue weighted by Crippen LogP contribution is -2.36. The number of ether oxygens (including phenoxy) is 1. The van der Waals surface area contributed by atoms with E-state index in [1.165, 1.54) is 17.1 Å². The molecule has 1 amide bonds. The van der Waals surface area contributed by atoms with Gasteiger partial charge in [-0.05, 0) is 29.3 Å². The van der Waals surface area contributed by atoms with Gasteiger partial charge in [0.2, 0.25) is 0 Å². The molecule has 2 heterocycles. The van der Waals surface area contributed by atoms with E-state index in [2.05, 4.69) is 10.2 Å². The number of rotatable bonds is 6. The summed E-state index contributed by atoms with van der Waals surface area (Å²) in [5, 5.41) is 20.0. The number of carbonyl (C=O) groups excluding carboxylic acids is 1. The number of methoxy groups -OCH3 is 1. The van der Waals surface area contributed by atoms with Crippen molar-refractivity contribution in [3.8, 4) is 5.75 Å². The second kappa shape index (κ2) is 9.46. The molecule has 0 aliphatic carbocycles. The molecule has 0 radical (unpaired) electrons. The van der Waals surface area contributed by atoms with Crippen molar-refractivity contribution < 1.29 is 19.4 Å². The van der Waals surface area contributed by atoms with E-state index in [0.29, 0.717) is 12.2 Å². The lowest BCUT2D eigenvalue weighted by atomic mass is 9.98. The zero-order valence-electron chi connectivity index (χ0n) is 19.4. The van der Waals surface area contributed by atoms with Crippen molar-refractivity contribution in [3.05, 3.63) is 106 Å². The third-order valence-electron chi connectivity index (χ3n) is 6.13. The molecule has 4 aromatic rings. The molecule has 1 aliphatic rings. The van der Waals surface area contributed by atoms with E-state index < -0.39 is 30.0 Å². The van der Waals surface area contributed by atoms with Gasteiger partial charge in [0.1, 0.15) is 12.3 Å². The van der Waals surface area contributed by atoms with Gasteiger partial charge in [0.25, 0.3) is 11.5 Å². The fourth-order valence-electron chi connectivity index (χ4n) is 4.33. The summed E-state index contributed by atoms with van der Waals surface area (Å²) >= 11 is 0. The van der Waals surface area contributed by atoms with Crippen LogP contribution in [-0.2, 0) is 11.3 Å². The van der Waals surface area contributed by atoms with Crippen molar-refractivity contribution in [2.75, 3.05) is 7.11 Å². The number of benzene rings is 3. The van der Waals surface area contributed by atoms with Gasteiger partial charge in [-0.15, -0.1) is 0 Å². The zero-order valence-corrected chi connectivity index (χ0v) is 19.4. The Hall–Kier alpha value is -4.79. The molecule has 5 rings (SSSR count). The number of fused-ring (bicyclic) bond motifs is 1. The number of carboxylic acid groups (broad SMARTS) is 1. The monoisotopic (exact) mass is 482 g/mol. The molecule has 1 aliphatic heterocycles. The van der Waals surface area contributed by atoms with Crippen LogP contribution in [0.3, 0.4) is 0 Å². The van der Waals surface area contributed by atoms with E-state index in [-0.39, 0.29) is 16.5 Å². The molecule has 0 fully saturated rings. The molecule has 0 saturated carbocycles. The molecular formula is C27H22N4O5. The van der Waals surface area contributed by atoms with Crippen LogP contribution >= 0.6 is 0 Å². The fraction of sp³-hybridized carbons (Fsp3) is 0.148. The third kappa shape index (κ3) is 4.22. The molecule has 0 spiro atoms. The first-order valence-corrected chi connectivity index (χ1v) is 11.3. The Morgan fingerprint density at radius 2 is 1.64 bits per heavy atom. The summed E-state index contributed by atoms with van der Waals surface area (Å²) in [4.78, 5) is 38.4. The average Bonchev–Trinajstić information content (AvgIpc) is 3.36. The Balaban J connectivity index is 1.53. The number of aromatic carboxylic acids is 1. The number of hydrogen-bond acceptors (Lipinski definition) is 6. The molecule has 36 heavy (non-hydrogen) atoms. The van der Waals surface area contributed by atoms with Gasteiger partial charge in [-0.3, -0.25) is 9.59 Å². The number of aromatic nitrogens is 2. The van der Waals surface area contributed by atoms with Gasteiger partial charge < -0.3 is 9.84 Å². The Labute approximate surface area is 205 Å². The highest BCUT2D eigenvalue weighted by molar-refractivity contribution is 6.03. The predicted molar refractivity (Wildman–Crippen MR) is 133 cm³/mol. The molecule has 0 saturated heterocycles. The van der Waals surface area contributed by atoms with Crippen LogP contribution in [0.2, 0.25) is 0 Å². The van der Waals surface area contributed by atoms with Gasteiger partial charge in [-0.1, -0.05) is 60.7 Å². The highest BCUT2D eigenvalue weighted by Crippen LogP contribution is 2.33. The van der Waals surface area contributed by atoms with Crippen LogP contribution in [0.4, 0.5) is 0 Å². The van der Waals surface area contributed by atoms with E-state index in [0.717, 1.165) is 21.5 Å². The minimum absolute atomic E-state index is 0.180. The highest BCUT2D eigenvalue weighted by Gasteiger charge is 2.33. The standard InChI is InChI=1S/C27H22N4O5/c1-36-19-13-11-18(12-14-19)23-15-22(17-7-3-2-4-8-17)28-31(23)24(32)16-30-26(33)21-10-6-5-9-20(21)25(29-30)27(34)35/h2-14,23H,15-16H2,1H3,(H,34,35). The van der Waals surface area contributed by atoms with E-state index >= 15 is 0 Å². The van der Waals surface area contributed by atoms with Crippen molar-refractivity contribution in [1.82, 2.24) is 14.8 Å². The minimum Gasteiger partial charge on any atom is -0.497 e.